The van der Waals surface area contributed by atoms with Gasteiger partial charge in [0.15, 0.2) is 0 Å². The van der Waals surface area contributed by atoms with E-state index in [1.165, 1.54) is 6.92 Å². The maximum Gasteiger partial charge on any atom is 0.221 e. The maximum atomic E-state index is 11.1. The third-order valence-electron chi connectivity index (χ3n) is 3.03. The minimum Gasteiger partial charge on any atom is -0.326 e. The highest BCUT2D eigenvalue weighted by Crippen LogP contribution is 2.22. The van der Waals surface area contributed by atoms with Crippen LogP contribution in [0.15, 0.2) is 35.8 Å². The van der Waals surface area contributed by atoms with Crippen molar-refractivity contribution in [3.63, 3.8) is 0 Å². The van der Waals surface area contributed by atoms with Crippen LogP contribution in [0.25, 0.3) is 0 Å². The molecule has 0 fully saturated rings. The second-order valence-electron chi connectivity index (χ2n) is 4.79. The normalized spacial score (nSPS) is 13.8. The van der Waals surface area contributed by atoms with Gasteiger partial charge < -0.3 is 10.6 Å². The van der Waals surface area contributed by atoms with Crippen LogP contribution in [-0.2, 0) is 4.79 Å². The summed E-state index contributed by atoms with van der Waals surface area (Å²) in [5.74, 6) is -0.0566. The number of hydrogen-bond donors (Lipinski definition) is 2. The molecule has 1 amide bonds. The third-order valence-corrected chi connectivity index (χ3v) is 3.99. The molecule has 0 saturated carbocycles. The number of carbonyl (C=O) groups excluding carboxylic acids is 1. The molecular formula is C15H19N3OS. The van der Waals surface area contributed by atoms with Gasteiger partial charge in [-0.15, -0.1) is 11.3 Å². The summed E-state index contributed by atoms with van der Waals surface area (Å²) in [6.45, 7) is 5.73. The van der Waals surface area contributed by atoms with Crippen LogP contribution < -0.4 is 10.6 Å². The van der Waals surface area contributed by atoms with E-state index in [1.807, 2.05) is 29.8 Å². The van der Waals surface area contributed by atoms with Gasteiger partial charge in [0.25, 0.3) is 0 Å². The third kappa shape index (κ3) is 3.88. The number of anilines is 1. The Morgan fingerprint density at radius 1 is 1.30 bits per heavy atom. The Labute approximate surface area is 123 Å². The van der Waals surface area contributed by atoms with E-state index < -0.39 is 0 Å². The number of hydrogen-bond acceptors (Lipinski definition) is 4. The van der Waals surface area contributed by atoms with Crippen molar-refractivity contribution >= 4 is 22.9 Å². The van der Waals surface area contributed by atoms with E-state index in [0.29, 0.717) is 0 Å². The summed E-state index contributed by atoms with van der Waals surface area (Å²) in [5, 5.41) is 9.38. The quantitative estimate of drug-likeness (QED) is 0.885. The molecule has 1 heterocycles. The van der Waals surface area contributed by atoms with E-state index in [1.54, 1.807) is 11.3 Å². The van der Waals surface area contributed by atoms with E-state index >= 15 is 0 Å². The average molecular weight is 289 g/mol. The molecule has 106 valence electrons. The number of thiazole rings is 1. The predicted octanol–water partition coefficient (Wildman–Crippen LogP) is 3.51. The monoisotopic (exact) mass is 289 g/mol. The molecular weight excluding hydrogens is 270 g/mol. The van der Waals surface area contributed by atoms with Gasteiger partial charge in [-0.1, -0.05) is 12.1 Å². The zero-order valence-corrected chi connectivity index (χ0v) is 12.7. The zero-order valence-electron chi connectivity index (χ0n) is 11.9. The van der Waals surface area contributed by atoms with Crippen LogP contribution in [0, 0.1) is 0 Å². The SMILES string of the molecule is CC(=O)Nc1cccc(C(C)NC(C)c2nccs2)c1. The van der Waals surface area contributed by atoms with Gasteiger partial charge in [0.1, 0.15) is 5.01 Å². The number of amides is 1. The summed E-state index contributed by atoms with van der Waals surface area (Å²) in [4.78, 5) is 15.4. The van der Waals surface area contributed by atoms with Crippen LogP contribution in [-0.4, -0.2) is 10.9 Å². The smallest absolute Gasteiger partial charge is 0.221 e. The second kappa shape index (κ2) is 6.63. The Bertz CT molecular complexity index is 568. The molecule has 0 radical (unpaired) electrons. The first kappa shape index (κ1) is 14.7. The average Bonchev–Trinajstić information content (AvgIpc) is 2.92. The summed E-state index contributed by atoms with van der Waals surface area (Å²) >= 11 is 1.65. The van der Waals surface area contributed by atoms with Crippen LogP contribution >= 0.6 is 11.3 Å². The topological polar surface area (TPSA) is 54.0 Å². The highest BCUT2D eigenvalue weighted by Gasteiger charge is 2.13. The fourth-order valence-electron chi connectivity index (χ4n) is 2.08. The summed E-state index contributed by atoms with van der Waals surface area (Å²) in [5.41, 5.74) is 1.96. The van der Waals surface area contributed by atoms with Crippen molar-refractivity contribution < 1.29 is 4.79 Å². The van der Waals surface area contributed by atoms with E-state index in [0.717, 1.165) is 16.3 Å². The Morgan fingerprint density at radius 3 is 2.75 bits per heavy atom. The van der Waals surface area contributed by atoms with E-state index in [4.69, 9.17) is 0 Å². The minimum atomic E-state index is -0.0566. The molecule has 20 heavy (non-hydrogen) atoms. The lowest BCUT2D eigenvalue weighted by atomic mass is 10.1. The molecule has 2 atom stereocenters. The van der Waals surface area contributed by atoms with Crippen molar-refractivity contribution in [3.8, 4) is 0 Å². The molecule has 5 heteroatoms. The Balaban J connectivity index is 2.05. The molecule has 2 aromatic rings. The molecule has 0 aliphatic heterocycles. The highest BCUT2D eigenvalue weighted by atomic mass is 32.1. The minimum absolute atomic E-state index is 0.0566. The Kier molecular flexibility index (Phi) is 4.87. The fourth-order valence-corrected chi connectivity index (χ4v) is 2.73. The molecule has 2 N–H and O–H groups in total. The lowest BCUT2D eigenvalue weighted by molar-refractivity contribution is -0.114. The van der Waals surface area contributed by atoms with Crippen molar-refractivity contribution in [2.24, 2.45) is 0 Å². The van der Waals surface area contributed by atoms with Gasteiger partial charge in [0, 0.05) is 30.2 Å². The number of aromatic nitrogens is 1. The van der Waals surface area contributed by atoms with E-state index in [2.05, 4.69) is 35.5 Å². The molecule has 0 aliphatic rings. The number of nitrogens with one attached hydrogen (secondary N) is 2. The summed E-state index contributed by atoms with van der Waals surface area (Å²) in [6, 6.07) is 8.27. The molecule has 2 unspecified atom stereocenters. The predicted molar refractivity (Wildman–Crippen MR) is 82.8 cm³/mol. The molecule has 2 rings (SSSR count). The molecule has 0 bridgehead atoms. The fraction of sp³-hybridized carbons (Fsp3) is 0.333. The summed E-state index contributed by atoms with van der Waals surface area (Å²) in [6.07, 6.45) is 1.82. The van der Waals surface area contributed by atoms with Crippen molar-refractivity contribution in [3.05, 3.63) is 46.4 Å². The first-order valence-electron chi connectivity index (χ1n) is 6.59. The van der Waals surface area contributed by atoms with Crippen LogP contribution in [0.3, 0.4) is 0 Å². The largest absolute Gasteiger partial charge is 0.326 e. The van der Waals surface area contributed by atoms with Gasteiger partial charge in [0.2, 0.25) is 5.91 Å². The van der Waals surface area contributed by atoms with Crippen molar-refractivity contribution in [2.45, 2.75) is 32.9 Å². The molecule has 1 aromatic carbocycles. The van der Waals surface area contributed by atoms with Gasteiger partial charge in [-0.05, 0) is 31.5 Å². The highest BCUT2D eigenvalue weighted by molar-refractivity contribution is 7.09. The number of nitrogens with zero attached hydrogens (tertiary/aromatic N) is 1. The van der Waals surface area contributed by atoms with Gasteiger partial charge in [-0.2, -0.15) is 0 Å². The molecule has 0 saturated heterocycles. The van der Waals surface area contributed by atoms with Crippen molar-refractivity contribution in [1.29, 1.82) is 0 Å². The van der Waals surface area contributed by atoms with Crippen LogP contribution in [0.2, 0.25) is 0 Å². The van der Waals surface area contributed by atoms with Crippen LogP contribution in [0.5, 0.6) is 0 Å². The Hall–Kier alpha value is -1.72. The number of rotatable bonds is 5. The first-order chi connectivity index (χ1) is 9.56. The van der Waals surface area contributed by atoms with E-state index in [9.17, 15) is 4.79 Å². The number of benzene rings is 1. The standard InChI is InChI=1S/C15H19N3OS/c1-10(17-11(2)15-16-7-8-20-15)13-5-4-6-14(9-13)18-12(3)19/h4-11,17H,1-3H3,(H,18,19). The second-order valence-corrected chi connectivity index (χ2v) is 5.71. The van der Waals surface area contributed by atoms with Crippen molar-refractivity contribution in [2.75, 3.05) is 5.32 Å². The molecule has 0 aliphatic carbocycles. The lowest BCUT2D eigenvalue weighted by Crippen LogP contribution is -2.22. The maximum absolute atomic E-state index is 11.1. The zero-order chi connectivity index (χ0) is 14.5. The lowest BCUT2D eigenvalue weighted by Gasteiger charge is -2.19. The van der Waals surface area contributed by atoms with E-state index in [-0.39, 0.29) is 18.0 Å². The molecule has 0 spiro atoms. The van der Waals surface area contributed by atoms with Crippen LogP contribution in [0.1, 0.15) is 43.4 Å². The summed E-state index contributed by atoms with van der Waals surface area (Å²) in [7, 11) is 0. The number of carbonyl (C=O) groups is 1. The summed E-state index contributed by atoms with van der Waals surface area (Å²) < 4.78 is 0. The van der Waals surface area contributed by atoms with Crippen LogP contribution in [0.4, 0.5) is 5.69 Å². The van der Waals surface area contributed by atoms with Gasteiger partial charge >= 0.3 is 0 Å². The Morgan fingerprint density at radius 2 is 2.10 bits per heavy atom. The van der Waals surface area contributed by atoms with Gasteiger partial charge in [-0.25, -0.2) is 4.98 Å². The van der Waals surface area contributed by atoms with Crippen molar-refractivity contribution in [1.82, 2.24) is 10.3 Å². The van der Waals surface area contributed by atoms with Gasteiger partial charge in [-0.3, -0.25) is 4.79 Å². The molecule has 1 aromatic heterocycles. The molecule has 4 nitrogen and oxygen atoms in total. The first-order valence-corrected chi connectivity index (χ1v) is 7.47. The van der Waals surface area contributed by atoms with Gasteiger partial charge in [0.05, 0.1) is 6.04 Å².